The van der Waals surface area contributed by atoms with Gasteiger partial charge in [0.1, 0.15) is 18.4 Å². The molecule has 0 spiro atoms. The summed E-state index contributed by atoms with van der Waals surface area (Å²) in [5.74, 6) is -0.243. The summed E-state index contributed by atoms with van der Waals surface area (Å²) in [6.45, 7) is 4.00. The maximum Gasteiger partial charge on any atom is 0.240 e. The largest absolute Gasteiger partial charge is 0.489 e. The van der Waals surface area contributed by atoms with E-state index in [4.69, 9.17) is 10.5 Å². The molecule has 2 aromatic rings. The fourth-order valence-electron chi connectivity index (χ4n) is 2.30. The van der Waals surface area contributed by atoms with Crippen molar-refractivity contribution in [3.05, 3.63) is 65.7 Å². The Hall–Kier alpha value is -2.82. The first-order valence-corrected chi connectivity index (χ1v) is 8.31. The summed E-state index contributed by atoms with van der Waals surface area (Å²) in [5.41, 5.74) is 7.37. The maximum atomic E-state index is 11.8. The molecule has 0 fully saturated rings. The number of benzene rings is 2. The number of nitrogens with two attached hydrogens (primary N) is 1. The Morgan fingerprint density at radius 1 is 1.04 bits per heavy atom. The van der Waals surface area contributed by atoms with Crippen molar-refractivity contribution >= 4 is 11.8 Å². The van der Waals surface area contributed by atoms with Crippen molar-refractivity contribution in [3.63, 3.8) is 0 Å². The summed E-state index contributed by atoms with van der Waals surface area (Å²) >= 11 is 0. The zero-order valence-corrected chi connectivity index (χ0v) is 14.6. The summed E-state index contributed by atoms with van der Waals surface area (Å²) in [6, 6.07) is 16.6. The van der Waals surface area contributed by atoms with Crippen LogP contribution >= 0.6 is 0 Å². The second-order valence-corrected chi connectivity index (χ2v) is 6.24. The lowest BCUT2D eigenvalue weighted by atomic mass is 10.0. The summed E-state index contributed by atoms with van der Waals surface area (Å²) in [5, 5.41) is 2.69. The number of nitrogens with one attached hydrogen (secondary N) is 1. The van der Waals surface area contributed by atoms with Crippen molar-refractivity contribution in [3.8, 4) is 5.75 Å². The zero-order valence-electron chi connectivity index (χ0n) is 14.6. The maximum absolute atomic E-state index is 11.8. The Morgan fingerprint density at radius 2 is 1.72 bits per heavy atom. The number of rotatable bonds is 8. The normalized spacial score (nSPS) is 11.8. The van der Waals surface area contributed by atoms with E-state index in [1.165, 1.54) is 0 Å². The number of primary amides is 1. The average molecular weight is 340 g/mol. The minimum absolute atomic E-state index is 0.194. The highest BCUT2D eigenvalue weighted by Crippen LogP contribution is 2.16. The Bertz CT molecular complexity index is 714. The van der Waals surface area contributed by atoms with E-state index in [0.717, 1.165) is 11.1 Å². The molecule has 0 saturated carbocycles. The molecule has 5 heteroatoms. The van der Waals surface area contributed by atoms with Crippen LogP contribution in [0.4, 0.5) is 0 Å². The molecule has 0 heterocycles. The number of amides is 2. The Kier molecular flexibility index (Phi) is 6.57. The van der Waals surface area contributed by atoms with E-state index in [1.807, 2.05) is 54.6 Å². The molecule has 132 valence electrons. The van der Waals surface area contributed by atoms with Gasteiger partial charge in [-0.1, -0.05) is 56.3 Å². The molecular weight excluding hydrogens is 316 g/mol. The lowest BCUT2D eigenvalue weighted by molar-refractivity contribution is -0.129. The van der Waals surface area contributed by atoms with Crippen LogP contribution < -0.4 is 15.8 Å². The van der Waals surface area contributed by atoms with Gasteiger partial charge in [-0.2, -0.15) is 0 Å². The highest BCUT2D eigenvalue weighted by molar-refractivity contribution is 5.87. The van der Waals surface area contributed by atoms with Crippen LogP contribution in [0.2, 0.25) is 0 Å². The first-order chi connectivity index (χ1) is 12.0. The van der Waals surface area contributed by atoms with Crippen LogP contribution in [0.1, 0.15) is 25.0 Å². The van der Waals surface area contributed by atoms with Crippen molar-refractivity contribution in [1.29, 1.82) is 0 Å². The minimum atomic E-state index is -0.737. The molecule has 0 aliphatic carbocycles. The molecule has 0 aliphatic heterocycles. The van der Waals surface area contributed by atoms with Gasteiger partial charge in [0, 0.05) is 12.3 Å². The van der Waals surface area contributed by atoms with Crippen LogP contribution in [0.25, 0.3) is 0 Å². The molecule has 0 unspecified atom stereocenters. The van der Waals surface area contributed by atoms with Crippen LogP contribution in [0.15, 0.2) is 54.6 Å². The summed E-state index contributed by atoms with van der Waals surface area (Å²) in [7, 11) is 0. The number of carbonyl (C=O) groups excluding carboxylic acids is 2. The van der Waals surface area contributed by atoms with Gasteiger partial charge in [-0.25, -0.2) is 0 Å². The molecule has 0 saturated heterocycles. The molecule has 0 aliphatic rings. The second-order valence-electron chi connectivity index (χ2n) is 6.24. The van der Waals surface area contributed by atoms with Gasteiger partial charge in [-0.05, 0) is 23.3 Å². The molecule has 25 heavy (non-hydrogen) atoms. The number of ether oxygens (including phenoxy) is 1. The summed E-state index contributed by atoms with van der Waals surface area (Å²) < 4.78 is 5.79. The predicted molar refractivity (Wildman–Crippen MR) is 96.9 cm³/mol. The van der Waals surface area contributed by atoms with Crippen molar-refractivity contribution in [2.45, 2.75) is 32.9 Å². The second kappa shape index (κ2) is 8.87. The number of carbonyl (C=O) groups is 2. The minimum Gasteiger partial charge on any atom is -0.489 e. The fraction of sp³-hybridized carbons (Fsp3) is 0.300. The van der Waals surface area contributed by atoms with Crippen LogP contribution in [-0.2, 0) is 22.6 Å². The molecule has 3 N–H and O–H groups in total. The van der Waals surface area contributed by atoms with E-state index in [-0.39, 0.29) is 11.8 Å². The van der Waals surface area contributed by atoms with Gasteiger partial charge in [0.2, 0.25) is 11.8 Å². The SMILES string of the molecule is CC(C)C(=O)N[C@@H](Cc1cccc(OCc2ccccc2)c1)C(N)=O. The summed E-state index contributed by atoms with van der Waals surface area (Å²) in [6.07, 6.45) is 0.330. The molecule has 2 rings (SSSR count). The van der Waals surface area contributed by atoms with Crippen molar-refractivity contribution in [2.75, 3.05) is 0 Å². The van der Waals surface area contributed by atoms with E-state index in [9.17, 15) is 9.59 Å². The molecular formula is C20H24N2O3. The van der Waals surface area contributed by atoms with E-state index in [1.54, 1.807) is 13.8 Å². The van der Waals surface area contributed by atoms with Gasteiger partial charge in [-0.3, -0.25) is 9.59 Å². The smallest absolute Gasteiger partial charge is 0.240 e. The van der Waals surface area contributed by atoms with E-state index in [2.05, 4.69) is 5.32 Å². The van der Waals surface area contributed by atoms with Gasteiger partial charge in [-0.15, -0.1) is 0 Å². The molecule has 0 bridgehead atoms. The predicted octanol–water partition coefficient (Wildman–Crippen LogP) is 2.43. The van der Waals surface area contributed by atoms with Crippen molar-refractivity contribution in [1.82, 2.24) is 5.32 Å². The topological polar surface area (TPSA) is 81.4 Å². The fourth-order valence-corrected chi connectivity index (χ4v) is 2.30. The number of hydrogen-bond donors (Lipinski definition) is 2. The highest BCUT2D eigenvalue weighted by Gasteiger charge is 2.20. The standard InChI is InChI=1S/C20H24N2O3/c1-14(2)20(24)22-18(19(21)23)12-16-9-6-10-17(11-16)25-13-15-7-4-3-5-8-15/h3-11,14,18H,12-13H2,1-2H3,(H2,21,23)(H,22,24)/t18-/m0/s1. The molecule has 0 aromatic heterocycles. The van der Waals surface area contributed by atoms with E-state index >= 15 is 0 Å². The molecule has 0 radical (unpaired) electrons. The zero-order chi connectivity index (χ0) is 18.2. The van der Waals surface area contributed by atoms with Crippen LogP contribution in [0.5, 0.6) is 5.75 Å². The number of hydrogen-bond acceptors (Lipinski definition) is 3. The molecule has 1 atom stereocenters. The molecule has 5 nitrogen and oxygen atoms in total. The van der Waals surface area contributed by atoms with Crippen LogP contribution in [-0.4, -0.2) is 17.9 Å². The first-order valence-electron chi connectivity index (χ1n) is 8.31. The van der Waals surface area contributed by atoms with Crippen molar-refractivity contribution < 1.29 is 14.3 Å². The van der Waals surface area contributed by atoms with Crippen molar-refractivity contribution in [2.24, 2.45) is 11.7 Å². The first kappa shape index (κ1) is 18.5. The molecule has 2 amide bonds. The molecule has 2 aromatic carbocycles. The monoisotopic (exact) mass is 340 g/mol. The van der Waals surface area contributed by atoms with Gasteiger partial charge >= 0.3 is 0 Å². The Balaban J connectivity index is 2.01. The quantitative estimate of drug-likeness (QED) is 0.774. The third-order valence-corrected chi connectivity index (χ3v) is 3.77. The Morgan fingerprint density at radius 3 is 2.36 bits per heavy atom. The lowest BCUT2D eigenvalue weighted by Crippen LogP contribution is -2.47. The third-order valence-electron chi connectivity index (χ3n) is 3.77. The lowest BCUT2D eigenvalue weighted by Gasteiger charge is -2.17. The van der Waals surface area contributed by atoms with Gasteiger partial charge in [0.25, 0.3) is 0 Å². The average Bonchev–Trinajstić information content (AvgIpc) is 2.60. The van der Waals surface area contributed by atoms with Crippen LogP contribution in [0.3, 0.4) is 0 Å². The van der Waals surface area contributed by atoms with Crippen LogP contribution in [0, 0.1) is 5.92 Å². The van der Waals surface area contributed by atoms with E-state index < -0.39 is 11.9 Å². The highest BCUT2D eigenvalue weighted by atomic mass is 16.5. The van der Waals surface area contributed by atoms with Gasteiger partial charge < -0.3 is 15.8 Å². The Labute approximate surface area is 148 Å². The summed E-state index contributed by atoms with van der Waals surface area (Å²) in [4.78, 5) is 23.5. The van der Waals surface area contributed by atoms with E-state index in [0.29, 0.717) is 18.8 Å². The van der Waals surface area contributed by atoms with Gasteiger partial charge in [0.15, 0.2) is 0 Å². The third kappa shape index (κ3) is 5.95. The van der Waals surface area contributed by atoms with Gasteiger partial charge in [0.05, 0.1) is 0 Å².